The molecule has 0 saturated carbocycles. The molecule has 160 valence electrons. The van der Waals surface area contributed by atoms with Crippen LogP contribution in [0.4, 0.5) is 0 Å². The highest BCUT2D eigenvalue weighted by Gasteiger charge is 2.21. The molecule has 2 amide bonds. The van der Waals surface area contributed by atoms with Gasteiger partial charge in [0, 0.05) is 19.0 Å². The quantitative estimate of drug-likeness (QED) is 0.453. The Morgan fingerprint density at radius 3 is 2.43 bits per heavy atom. The van der Waals surface area contributed by atoms with Crippen LogP contribution >= 0.6 is 0 Å². The molecule has 0 fully saturated rings. The minimum absolute atomic E-state index is 0.180. The second kappa shape index (κ2) is 8.71. The summed E-state index contributed by atoms with van der Waals surface area (Å²) in [6.45, 7) is 8.16. The Labute approximate surface area is 173 Å². The number of carbonyl (C=O) groups excluding carboxylic acids is 2. The highest BCUT2D eigenvalue weighted by Crippen LogP contribution is 2.35. The van der Waals surface area contributed by atoms with Gasteiger partial charge >= 0.3 is 5.63 Å². The second-order valence-corrected chi connectivity index (χ2v) is 7.34. The van der Waals surface area contributed by atoms with Gasteiger partial charge in [-0.3, -0.25) is 9.59 Å². The van der Waals surface area contributed by atoms with Crippen molar-refractivity contribution in [2.24, 2.45) is 0 Å². The van der Waals surface area contributed by atoms with Crippen molar-refractivity contribution < 1.29 is 23.2 Å². The Hall–Kier alpha value is -3.13. The average Bonchev–Trinajstić information content (AvgIpc) is 2.98. The van der Waals surface area contributed by atoms with Gasteiger partial charge in [0.15, 0.2) is 0 Å². The molecule has 0 atom stereocenters. The number of nitrogens with one attached hydrogen (secondary N) is 2. The van der Waals surface area contributed by atoms with E-state index in [9.17, 15) is 14.4 Å². The minimum atomic E-state index is -0.571. The van der Waals surface area contributed by atoms with E-state index in [1.54, 1.807) is 6.92 Å². The summed E-state index contributed by atoms with van der Waals surface area (Å²) in [6, 6.07) is 1.82. The van der Waals surface area contributed by atoms with Gasteiger partial charge < -0.3 is 24.2 Å². The summed E-state index contributed by atoms with van der Waals surface area (Å²) in [7, 11) is 1.53. The molecule has 8 heteroatoms. The van der Waals surface area contributed by atoms with Crippen LogP contribution in [0.25, 0.3) is 21.9 Å². The van der Waals surface area contributed by atoms with Crippen LogP contribution in [0.5, 0.6) is 0 Å². The maximum absolute atomic E-state index is 12.6. The maximum Gasteiger partial charge on any atom is 0.340 e. The number of fused-ring (bicyclic) bond motifs is 3. The summed E-state index contributed by atoms with van der Waals surface area (Å²) >= 11 is 0. The lowest BCUT2D eigenvalue weighted by atomic mass is 9.98. The Kier molecular flexibility index (Phi) is 6.26. The third-order valence-corrected chi connectivity index (χ3v) is 5.29. The van der Waals surface area contributed by atoms with Crippen molar-refractivity contribution in [3.63, 3.8) is 0 Å². The second-order valence-electron chi connectivity index (χ2n) is 7.34. The first-order valence-corrected chi connectivity index (χ1v) is 9.72. The van der Waals surface area contributed by atoms with E-state index >= 15 is 0 Å². The van der Waals surface area contributed by atoms with E-state index in [0.717, 1.165) is 22.3 Å². The number of ether oxygens (including phenoxy) is 1. The predicted octanol–water partition coefficient (Wildman–Crippen LogP) is 2.19. The zero-order valence-electron chi connectivity index (χ0n) is 17.9. The lowest BCUT2D eigenvalue weighted by Crippen LogP contribution is -2.39. The number of benzene rings is 1. The molecule has 30 heavy (non-hydrogen) atoms. The van der Waals surface area contributed by atoms with E-state index in [-0.39, 0.29) is 24.4 Å². The first-order chi connectivity index (χ1) is 14.2. The van der Waals surface area contributed by atoms with Crippen molar-refractivity contribution >= 4 is 33.8 Å². The van der Waals surface area contributed by atoms with E-state index in [1.165, 1.54) is 7.11 Å². The third kappa shape index (κ3) is 4.09. The fourth-order valence-electron chi connectivity index (χ4n) is 3.59. The number of methoxy groups -OCH3 is 1. The van der Waals surface area contributed by atoms with E-state index in [0.29, 0.717) is 35.3 Å². The van der Waals surface area contributed by atoms with Gasteiger partial charge in [0.2, 0.25) is 11.8 Å². The first-order valence-electron chi connectivity index (χ1n) is 9.72. The lowest BCUT2D eigenvalue weighted by molar-refractivity contribution is -0.125. The van der Waals surface area contributed by atoms with E-state index in [4.69, 9.17) is 13.6 Å². The van der Waals surface area contributed by atoms with Crippen LogP contribution in [0.3, 0.4) is 0 Å². The number of hydrogen-bond donors (Lipinski definition) is 2. The van der Waals surface area contributed by atoms with Crippen molar-refractivity contribution in [3.8, 4) is 0 Å². The van der Waals surface area contributed by atoms with Gasteiger partial charge in [-0.1, -0.05) is 0 Å². The Morgan fingerprint density at radius 1 is 1.00 bits per heavy atom. The largest absolute Gasteiger partial charge is 0.460 e. The minimum Gasteiger partial charge on any atom is -0.460 e. The molecule has 0 aliphatic heterocycles. The number of aryl methyl sites for hydroxylation is 4. The molecule has 0 aliphatic rings. The van der Waals surface area contributed by atoms with Crippen LogP contribution in [0, 0.1) is 27.7 Å². The number of amides is 2. The van der Waals surface area contributed by atoms with E-state index < -0.39 is 11.5 Å². The van der Waals surface area contributed by atoms with Crippen molar-refractivity contribution in [3.05, 3.63) is 44.5 Å². The average molecular weight is 414 g/mol. The topological polar surface area (TPSA) is 111 Å². The van der Waals surface area contributed by atoms with Crippen LogP contribution < -0.4 is 16.3 Å². The first kappa shape index (κ1) is 21.6. The van der Waals surface area contributed by atoms with Crippen LogP contribution in [0.2, 0.25) is 0 Å². The summed E-state index contributed by atoms with van der Waals surface area (Å²) in [4.78, 5) is 36.6. The predicted molar refractivity (Wildman–Crippen MR) is 113 cm³/mol. The number of carbonyl (C=O) groups is 2. The van der Waals surface area contributed by atoms with E-state index in [1.807, 2.05) is 26.8 Å². The summed E-state index contributed by atoms with van der Waals surface area (Å²) in [6.07, 6.45) is -0.191. The number of hydrogen-bond acceptors (Lipinski definition) is 6. The molecule has 0 unspecified atom stereocenters. The molecule has 3 aromatic rings. The summed E-state index contributed by atoms with van der Waals surface area (Å²) < 4.78 is 16.3. The molecule has 2 N–H and O–H groups in total. The summed E-state index contributed by atoms with van der Waals surface area (Å²) in [5.41, 5.74) is 3.39. The zero-order chi connectivity index (χ0) is 22.0. The van der Waals surface area contributed by atoms with Gasteiger partial charge in [0.05, 0.1) is 30.5 Å². The highest BCUT2D eigenvalue weighted by atomic mass is 16.5. The van der Waals surface area contributed by atoms with Crippen LogP contribution in [0.15, 0.2) is 19.7 Å². The normalized spacial score (nSPS) is 11.2. The monoisotopic (exact) mass is 414 g/mol. The molecule has 0 spiro atoms. The Morgan fingerprint density at radius 2 is 1.73 bits per heavy atom. The highest BCUT2D eigenvalue weighted by molar-refractivity contribution is 6.07. The SMILES string of the molecule is COCCNC(=O)CNC(=O)Cc1c(C)c2c(cc(C)c3c(C)c(C)oc32)oc1=O. The van der Waals surface area contributed by atoms with Crippen molar-refractivity contribution in [2.45, 2.75) is 34.1 Å². The standard InChI is InChI=1S/C22H26N2O6/c1-11-8-16-20(21-19(11)12(2)14(4)29-21)13(3)15(22(27)30-16)9-17(25)24-10-18(26)23-6-7-28-5/h8H,6-7,9-10H2,1-5H3,(H,23,26)(H,24,25). The van der Waals surface area contributed by atoms with Crippen molar-refractivity contribution in [1.82, 2.24) is 10.6 Å². The smallest absolute Gasteiger partial charge is 0.340 e. The Bertz CT molecular complexity index is 1190. The van der Waals surface area contributed by atoms with Crippen LogP contribution in [-0.4, -0.2) is 38.6 Å². The summed E-state index contributed by atoms with van der Waals surface area (Å²) in [5, 5.41) is 6.81. The lowest BCUT2D eigenvalue weighted by Gasteiger charge is -2.10. The van der Waals surface area contributed by atoms with Gasteiger partial charge in [-0.05, 0) is 50.5 Å². The van der Waals surface area contributed by atoms with Crippen LogP contribution in [0.1, 0.15) is 28.0 Å². The fraction of sp³-hybridized carbons (Fsp3) is 0.409. The van der Waals surface area contributed by atoms with Gasteiger partial charge in [0.25, 0.3) is 0 Å². The van der Waals surface area contributed by atoms with Crippen molar-refractivity contribution in [1.29, 1.82) is 0 Å². The molecule has 0 aliphatic carbocycles. The number of rotatable bonds is 7. The molecular formula is C22H26N2O6. The molecule has 0 saturated heterocycles. The van der Waals surface area contributed by atoms with Crippen LogP contribution in [-0.2, 0) is 20.7 Å². The Balaban J connectivity index is 1.90. The van der Waals surface area contributed by atoms with Gasteiger partial charge in [0.1, 0.15) is 16.9 Å². The van der Waals surface area contributed by atoms with Crippen molar-refractivity contribution in [2.75, 3.05) is 26.8 Å². The molecule has 0 bridgehead atoms. The third-order valence-electron chi connectivity index (χ3n) is 5.29. The van der Waals surface area contributed by atoms with Gasteiger partial charge in [-0.2, -0.15) is 0 Å². The van der Waals surface area contributed by atoms with E-state index in [2.05, 4.69) is 10.6 Å². The zero-order valence-corrected chi connectivity index (χ0v) is 17.9. The maximum atomic E-state index is 12.6. The molecular weight excluding hydrogens is 388 g/mol. The number of furan rings is 1. The summed E-state index contributed by atoms with van der Waals surface area (Å²) in [5.74, 6) is 0.0215. The molecule has 0 radical (unpaired) electrons. The fourth-order valence-corrected chi connectivity index (χ4v) is 3.59. The van der Waals surface area contributed by atoms with Gasteiger partial charge in [-0.15, -0.1) is 0 Å². The molecule has 8 nitrogen and oxygen atoms in total. The van der Waals surface area contributed by atoms with Gasteiger partial charge in [-0.25, -0.2) is 4.79 Å². The molecule has 1 aromatic carbocycles. The molecule has 2 heterocycles. The molecule has 2 aromatic heterocycles. The molecule has 3 rings (SSSR count).